The van der Waals surface area contributed by atoms with Gasteiger partial charge in [0.2, 0.25) is 0 Å². The third-order valence-corrected chi connectivity index (χ3v) is 7.06. The fraction of sp³-hybridized carbons (Fsp3) is 0. The van der Waals surface area contributed by atoms with Crippen LogP contribution in [0.1, 0.15) is 0 Å². The molecule has 0 saturated carbocycles. The Morgan fingerprint density at radius 2 is 0.947 bits per heavy atom. The highest BCUT2D eigenvalue weighted by molar-refractivity contribution is 6.07. The lowest BCUT2D eigenvalue weighted by atomic mass is 9.94. The van der Waals surface area contributed by atoms with E-state index in [0.29, 0.717) is 0 Å². The molecule has 0 fully saturated rings. The minimum Gasteiger partial charge on any atom is -0.456 e. The standard InChI is InChI=1S/C36H25NO/c1-4-13-26(14-5-1)30-20-12-21-31(27-15-6-2-7-16-27)36(30)37(28-17-8-3-9-18-28)29-23-24-35-33(25-29)32-19-10-11-22-34(32)38-35/h1-25H. The van der Waals surface area contributed by atoms with E-state index in [1.165, 1.54) is 22.3 Å². The predicted octanol–water partition coefficient (Wildman–Crippen LogP) is 10.4. The van der Waals surface area contributed by atoms with Crippen molar-refractivity contribution in [2.24, 2.45) is 0 Å². The van der Waals surface area contributed by atoms with Gasteiger partial charge in [-0.2, -0.15) is 0 Å². The van der Waals surface area contributed by atoms with Crippen LogP contribution in [0.5, 0.6) is 0 Å². The first-order valence-corrected chi connectivity index (χ1v) is 12.9. The van der Waals surface area contributed by atoms with Gasteiger partial charge in [0, 0.05) is 33.3 Å². The number of anilines is 3. The SMILES string of the molecule is c1ccc(-c2cccc(-c3ccccc3)c2N(c2ccccc2)c2ccc3oc4ccccc4c3c2)cc1. The van der Waals surface area contributed by atoms with Gasteiger partial charge < -0.3 is 9.32 Å². The smallest absolute Gasteiger partial charge is 0.135 e. The number of rotatable bonds is 5. The summed E-state index contributed by atoms with van der Waals surface area (Å²) in [7, 11) is 0. The molecule has 0 saturated heterocycles. The Kier molecular flexibility index (Phi) is 5.49. The molecule has 0 bridgehead atoms. The molecule has 38 heavy (non-hydrogen) atoms. The third kappa shape index (κ3) is 3.84. The van der Waals surface area contributed by atoms with Crippen LogP contribution in [0.25, 0.3) is 44.2 Å². The maximum Gasteiger partial charge on any atom is 0.135 e. The van der Waals surface area contributed by atoms with Crippen LogP contribution in [-0.2, 0) is 0 Å². The van der Waals surface area contributed by atoms with Crippen molar-refractivity contribution in [2.45, 2.75) is 0 Å². The average molecular weight is 488 g/mol. The second-order valence-electron chi connectivity index (χ2n) is 9.38. The molecule has 2 heteroatoms. The first-order chi connectivity index (χ1) is 18.9. The van der Waals surface area contributed by atoms with E-state index in [-0.39, 0.29) is 0 Å². The highest BCUT2D eigenvalue weighted by Gasteiger charge is 2.22. The Morgan fingerprint density at radius 1 is 0.395 bits per heavy atom. The lowest BCUT2D eigenvalue weighted by Gasteiger charge is -2.30. The van der Waals surface area contributed by atoms with E-state index in [1.807, 2.05) is 12.1 Å². The highest BCUT2D eigenvalue weighted by Crippen LogP contribution is 2.47. The summed E-state index contributed by atoms with van der Waals surface area (Å²) in [6.07, 6.45) is 0. The molecular formula is C36H25NO. The van der Waals surface area contributed by atoms with Gasteiger partial charge in [-0.25, -0.2) is 0 Å². The van der Waals surface area contributed by atoms with Crippen molar-refractivity contribution in [3.63, 3.8) is 0 Å². The van der Waals surface area contributed by atoms with Gasteiger partial charge in [0.25, 0.3) is 0 Å². The minimum atomic E-state index is 0.891. The summed E-state index contributed by atoms with van der Waals surface area (Å²) in [6, 6.07) is 53.2. The summed E-state index contributed by atoms with van der Waals surface area (Å²) in [5, 5.41) is 2.23. The van der Waals surface area contributed by atoms with Crippen molar-refractivity contribution in [3.8, 4) is 22.3 Å². The first kappa shape index (κ1) is 22.1. The molecule has 180 valence electrons. The van der Waals surface area contributed by atoms with Crippen molar-refractivity contribution in [2.75, 3.05) is 4.90 Å². The molecule has 0 aliphatic heterocycles. The molecule has 0 amide bonds. The van der Waals surface area contributed by atoms with E-state index in [1.54, 1.807) is 0 Å². The number of hydrogen-bond acceptors (Lipinski definition) is 2. The molecular weight excluding hydrogens is 462 g/mol. The Labute approximate surface area is 222 Å². The van der Waals surface area contributed by atoms with Crippen LogP contribution in [0.2, 0.25) is 0 Å². The molecule has 2 nitrogen and oxygen atoms in total. The molecule has 0 aliphatic rings. The number of benzene rings is 6. The molecule has 1 aromatic heterocycles. The summed E-state index contributed by atoms with van der Waals surface area (Å²) < 4.78 is 6.17. The van der Waals surface area contributed by atoms with Gasteiger partial charge in [-0.15, -0.1) is 0 Å². The molecule has 7 rings (SSSR count). The lowest BCUT2D eigenvalue weighted by molar-refractivity contribution is 0.669. The van der Waals surface area contributed by atoms with Crippen molar-refractivity contribution in [1.82, 2.24) is 0 Å². The molecule has 0 spiro atoms. The van der Waals surface area contributed by atoms with Crippen LogP contribution < -0.4 is 4.90 Å². The fourth-order valence-corrected chi connectivity index (χ4v) is 5.32. The third-order valence-electron chi connectivity index (χ3n) is 7.06. The highest BCUT2D eigenvalue weighted by atomic mass is 16.3. The summed E-state index contributed by atoms with van der Waals surface area (Å²) in [4.78, 5) is 2.38. The first-order valence-electron chi connectivity index (χ1n) is 12.9. The quantitative estimate of drug-likeness (QED) is 0.240. The predicted molar refractivity (Wildman–Crippen MR) is 159 cm³/mol. The number of para-hydroxylation sites is 3. The van der Waals surface area contributed by atoms with Gasteiger partial charge in [0.15, 0.2) is 0 Å². The van der Waals surface area contributed by atoms with Crippen molar-refractivity contribution < 1.29 is 4.42 Å². The Morgan fingerprint density at radius 3 is 1.61 bits per heavy atom. The van der Waals surface area contributed by atoms with Gasteiger partial charge in [-0.05, 0) is 47.5 Å². The number of furan rings is 1. The van der Waals surface area contributed by atoms with Crippen LogP contribution in [0.15, 0.2) is 156 Å². The molecule has 0 aliphatic carbocycles. The molecule has 0 N–H and O–H groups in total. The second kappa shape index (κ2) is 9.42. The molecule has 0 radical (unpaired) electrons. The lowest BCUT2D eigenvalue weighted by Crippen LogP contribution is -2.12. The van der Waals surface area contributed by atoms with E-state index in [2.05, 4.69) is 144 Å². The zero-order valence-electron chi connectivity index (χ0n) is 20.8. The molecule has 7 aromatic rings. The Bertz CT molecular complexity index is 1800. The molecule has 1 heterocycles. The molecule has 6 aromatic carbocycles. The van der Waals surface area contributed by atoms with Crippen LogP contribution in [-0.4, -0.2) is 0 Å². The summed E-state index contributed by atoms with van der Waals surface area (Å²) >= 11 is 0. The van der Waals surface area contributed by atoms with Gasteiger partial charge in [-0.3, -0.25) is 0 Å². The van der Waals surface area contributed by atoms with Crippen LogP contribution >= 0.6 is 0 Å². The maximum absolute atomic E-state index is 6.17. The number of nitrogens with zero attached hydrogens (tertiary/aromatic N) is 1. The molecule has 0 unspecified atom stereocenters. The van der Waals surface area contributed by atoms with Crippen molar-refractivity contribution in [3.05, 3.63) is 152 Å². The van der Waals surface area contributed by atoms with Crippen molar-refractivity contribution in [1.29, 1.82) is 0 Å². The Balaban J connectivity index is 1.56. The van der Waals surface area contributed by atoms with E-state index in [0.717, 1.165) is 39.0 Å². The topological polar surface area (TPSA) is 16.4 Å². The van der Waals surface area contributed by atoms with E-state index < -0.39 is 0 Å². The van der Waals surface area contributed by atoms with Crippen LogP contribution in [0.4, 0.5) is 17.1 Å². The van der Waals surface area contributed by atoms with Crippen LogP contribution in [0.3, 0.4) is 0 Å². The number of fused-ring (bicyclic) bond motifs is 3. The molecule has 0 atom stereocenters. The van der Waals surface area contributed by atoms with Crippen LogP contribution in [0, 0.1) is 0 Å². The summed E-state index contributed by atoms with van der Waals surface area (Å²) in [6.45, 7) is 0. The monoisotopic (exact) mass is 487 g/mol. The second-order valence-corrected chi connectivity index (χ2v) is 9.38. The summed E-state index contributed by atoms with van der Waals surface area (Å²) in [5.41, 5.74) is 9.82. The van der Waals surface area contributed by atoms with E-state index >= 15 is 0 Å². The normalized spacial score (nSPS) is 11.2. The Hall–Kier alpha value is -5.08. The van der Waals surface area contributed by atoms with Gasteiger partial charge in [0.05, 0.1) is 5.69 Å². The maximum atomic E-state index is 6.17. The van der Waals surface area contributed by atoms with Gasteiger partial charge in [0.1, 0.15) is 11.2 Å². The average Bonchev–Trinajstić information content (AvgIpc) is 3.37. The largest absolute Gasteiger partial charge is 0.456 e. The zero-order valence-corrected chi connectivity index (χ0v) is 20.8. The van der Waals surface area contributed by atoms with Gasteiger partial charge >= 0.3 is 0 Å². The van der Waals surface area contributed by atoms with E-state index in [4.69, 9.17) is 4.42 Å². The fourth-order valence-electron chi connectivity index (χ4n) is 5.32. The van der Waals surface area contributed by atoms with Gasteiger partial charge in [-0.1, -0.05) is 115 Å². The van der Waals surface area contributed by atoms with Crippen molar-refractivity contribution >= 4 is 39.0 Å². The van der Waals surface area contributed by atoms with E-state index in [9.17, 15) is 0 Å². The number of hydrogen-bond donors (Lipinski definition) is 0. The summed E-state index contributed by atoms with van der Waals surface area (Å²) in [5.74, 6) is 0. The zero-order chi connectivity index (χ0) is 25.3. The minimum absolute atomic E-state index is 0.891.